The summed E-state index contributed by atoms with van der Waals surface area (Å²) in [5.41, 5.74) is 0. The van der Waals surface area contributed by atoms with E-state index in [4.69, 9.17) is 4.74 Å². The van der Waals surface area contributed by atoms with Crippen molar-refractivity contribution in [2.75, 3.05) is 6.61 Å². The number of esters is 1. The second-order valence-corrected chi connectivity index (χ2v) is 6.25. The van der Waals surface area contributed by atoms with E-state index < -0.39 is 23.4 Å². The van der Waals surface area contributed by atoms with Gasteiger partial charge in [0.05, 0.1) is 0 Å². The molecular formula is C6H9INO3S-. The van der Waals surface area contributed by atoms with Gasteiger partial charge in [-0.3, -0.25) is 0 Å². The molecule has 1 unspecified atom stereocenters. The van der Waals surface area contributed by atoms with Gasteiger partial charge in [-0.25, -0.2) is 0 Å². The zero-order valence-corrected chi connectivity index (χ0v) is 9.52. The number of amides is 1. The first kappa shape index (κ1) is 10.1. The van der Waals surface area contributed by atoms with E-state index in [1.54, 1.807) is 0 Å². The van der Waals surface area contributed by atoms with Gasteiger partial charge in [-0.15, -0.1) is 0 Å². The second kappa shape index (κ2) is 3.82. The molecule has 1 N–H and O–H groups in total. The van der Waals surface area contributed by atoms with Crippen LogP contribution in [0.4, 0.5) is 0 Å². The molecule has 70 valence electrons. The molecule has 1 fully saturated rings. The Hall–Kier alpha value is 0.0200. The maximum atomic E-state index is 10.8. The monoisotopic (exact) mass is 302 g/mol. The minimum absolute atomic E-state index is 0.137. The van der Waals surface area contributed by atoms with Crippen molar-refractivity contribution in [2.45, 2.75) is 16.9 Å². The van der Waals surface area contributed by atoms with Crippen LogP contribution in [0.15, 0.2) is 0 Å². The van der Waals surface area contributed by atoms with Gasteiger partial charge in [0.1, 0.15) is 0 Å². The Bertz CT molecular complexity index is 223. The summed E-state index contributed by atoms with van der Waals surface area (Å²) in [6.07, 6.45) is 0.267. The fraction of sp³-hybridized carbons (Fsp3) is 0.667. The van der Waals surface area contributed by atoms with E-state index >= 15 is 0 Å². The van der Waals surface area contributed by atoms with Gasteiger partial charge in [-0.05, 0) is 0 Å². The van der Waals surface area contributed by atoms with Crippen molar-refractivity contribution in [2.24, 2.45) is 0 Å². The fourth-order valence-electron chi connectivity index (χ4n) is 0.997. The number of ether oxygens (including phenoxy) is 1. The van der Waals surface area contributed by atoms with Crippen LogP contribution in [-0.4, -0.2) is 22.0 Å². The number of hydrogen-bond donors (Lipinski definition) is 2. The van der Waals surface area contributed by atoms with Crippen LogP contribution >= 0.6 is 9.80 Å². The van der Waals surface area contributed by atoms with Gasteiger partial charge >= 0.3 is 84.6 Å². The number of thiol groups is 1. The Balaban J connectivity index is 2.64. The first-order valence-corrected chi connectivity index (χ1v) is 7.63. The number of halogens is 1. The van der Waals surface area contributed by atoms with E-state index in [1.807, 2.05) is 0 Å². The number of alkyl halides is 1. The molecular weight excluding hydrogens is 293 g/mol. The Morgan fingerprint density at radius 2 is 2.50 bits per heavy atom. The van der Waals surface area contributed by atoms with E-state index in [1.165, 1.54) is 6.92 Å². The molecule has 6 heteroatoms. The summed E-state index contributed by atoms with van der Waals surface area (Å²) in [7, 11) is 4.18. The quantitative estimate of drug-likeness (QED) is 0.185. The summed E-state index contributed by atoms with van der Waals surface area (Å²) >= 11 is -0.527. The molecule has 0 aliphatic carbocycles. The average Bonchev–Trinajstić information content (AvgIpc) is 2.32. The molecule has 0 aromatic carbocycles. The van der Waals surface area contributed by atoms with Gasteiger partial charge in [0, 0.05) is 0 Å². The molecule has 0 spiro atoms. The summed E-state index contributed by atoms with van der Waals surface area (Å²) in [6.45, 7) is 1.71. The van der Waals surface area contributed by atoms with Crippen molar-refractivity contribution < 1.29 is 34.1 Å². The van der Waals surface area contributed by atoms with Crippen molar-refractivity contribution in [1.29, 1.82) is 0 Å². The number of carbonyl (C=O) groups excluding carboxylic acids is 2. The second-order valence-electron chi connectivity index (χ2n) is 2.57. The van der Waals surface area contributed by atoms with Gasteiger partial charge in [0.25, 0.3) is 0 Å². The number of hydrogen-bond acceptors (Lipinski definition) is 4. The fourth-order valence-corrected chi connectivity index (χ4v) is 3.29. The van der Waals surface area contributed by atoms with Crippen molar-refractivity contribution in [1.82, 2.24) is 5.32 Å². The molecule has 12 heavy (non-hydrogen) atoms. The maximum absolute atomic E-state index is 10.8. The molecule has 0 aromatic heterocycles. The predicted molar refractivity (Wildman–Crippen MR) is 41.1 cm³/mol. The zero-order chi connectivity index (χ0) is 9.19. The van der Waals surface area contributed by atoms with E-state index in [0.717, 1.165) is 0 Å². The van der Waals surface area contributed by atoms with Gasteiger partial charge in [0.15, 0.2) is 0 Å². The third-order valence-electron chi connectivity index (χ3n) is 1.45. The van der Waals surface area contributed by atoms with Crippen LogP contribution in [0, 0.1) is 0 Å². The standard InChI is InChI=1S/C6H9INO3S/c1-4(9)8-6(7-12)2-5(10)11-3-6/h12H,2-3H2,1H3,(H,8,9)/q-1. The van der Waals surface area contributed by atoms with Crippen LogP contribution in [0.3, 0.4) is 0 Å². The number of carbonyl (C=O) groups is 2. The Morgan fingerprint density at radius 3 is 2.83 bits per heavy atom. The summed E-state index contributed by atoms with van der Waals surface area (Å²) in [5, 5.41) is 2.72. The molecule has 1 rings (SSSR count). The third kappa shape index (κ3) is 2.25. The Morgan fingerprint density at radius 1 is 1.83 bits per heavy atom. The summed E-state index contributed by atoms with van der Waals surface area (Å²) in [5.74, 6) is -0.389. The zero-order valence-electron chi connectivity index (χ0n) is 6.46. The number of nitrogens with one attached hydrogen (secondary N) is 1. The van der Waals surface area contributed by atoms with Crippen LogP contribution in [0.1, 0.15) is 13.3 Å². The summed E-state index contributed by atoms with van der Waals surface area (Å²) in [6, 6.07) is 0. The van der Waals surface area contributed by atoms with Gasteiger partial charge in [0.2, 0.25) is 0 Å². The number of rotatable bonds is 2. The molecule has 0 aromatic rings. The van der Waals surface area contributed by atoms with Gasteiger partial charge < -0.3 is 0 Å². The summed E-state index contributed by atoms with van der Waals surface area (Å²) < 4.78 is 4.32. The molecule has 1 heterocycles. The molecule has 1 aliphatic rings. The van der Waals surface area contributed by atoms with Gasteiger partial charge in [-0.2, -0.15) is 0 Å². The number of cyclic esters (lactones) is 1. The molecule has 1 saturated heterocycles. The van der Waals surface area contributed by atoms with Gasteiger partial charge in [-0.1, -0.05) is 0 Å². The van der Waals surface area contributed by atoms with Crippen LogP contribution < -0.4 is 25.1 Å². The molecule has 4 nitrogen and oxygen atoms in total. The molecule has 0 saturated carbocycles. The van der Waals surface area contributed by atoms with Crippen molar-refractivity contribution in [3.8, 4) is 0 Å². The first-order valence-electron chi connectivity index (χ1n) is 3.32. The average molecular weight is 302 g/mol. The topological polar surface area (TPSA) is 55.4 Å². The third-order valence-corrected chi connectivity index (χ3v) is 5.50. The minimum atomic E-state index is -0.527. The van der Waals surface area contributed by atoms with Crippen LogP contribution in [0.2, 0.25) is 0 Å². The first-order chi connectivity index (χ1) is 5.58. The normalized spacial score (nSPS) is 28.7. The SMILES string of the molecule is CC(=O)NC1([I-]S)COC(=O)C1. The molecule has 0 radical (unpaired) electrons. The van der Waals surface area contributed by atoms with Crippen molar-refractivity contribution in [3.05, 3.63) is 0 Å². The van der Waals surface area contributed by atoms with E-state index in [-0.39, 0.29) is 24.9 Å². The van der Waals surface area contributed by atoms with Crippen molar-refractivity contribution >= 4 is 21.7 Å². The van der Waals surface area contributed by atoms with E-state index in [9.17, 15) is 9.59 Å². The van der Waals surface area contributed by atoms with E-state index in [0.29, 0.717) is 0 Å². The van der Waals surface area contributed by atoms with Crippen LogP contribution in [0.25, 0.3) is 0 Å². The molecule has 0 bridgehead atoms. The van der Waals surface area contributed by atoms with Crippen LogP contribution in [-0.2, 0) is 14.3 Å². The molecule has 1 aliphatic heterocycles. The van der Waals surface area contributed by atoms with Crippen LogP contribution in [0.5, 0.6) is 0 Å². The Labute approximate surface area is 84.5 Å². The predicted octanol–water partition coefficient (Wildman–Crippen LogP) is -3.30. The summed E-state index contributed by atoms with van der Waals surface area (Å²) in [4.78, 5) is 21.6. The van der Waals surface area contributed by atoms with E-state index in [2.05, 4.69) is 15.1 Å². The van der Waals surface area contributed by atoms with Crippen molar-refractivity contribution in [3.63, 3.8) is 0 Å². The molecule has 1 amide bonds. The molecule has 1 atom stereocenters. The Kier molecular flexibility index (Phi) is 3.22.